The lowest BCUT2D eigenvalue weighted by atomic mass is 10.0. The fourth-order valence-corrected chi connectivity index (χ4v) is 1.91. The van der Waals surface area contributed by atoms with Crippen LogP contribution in [0.15, 0.2) is 24.3 Å². The molecule has 1 saturated heterocycles. The summed E-state index contributed by atoms with van der Waals surface area (Å²) in [6.45, 7) is 4.70. The smallest absolute Gasteiger partial charge is 0.309 e. The molecule has 4 nitrogen and oxygen atoms in total. The average molecular weight is 235 g/mol. The van der Waals surface area contributed by atoms with Crippen LogP contribution in [0.25, 0.3) is 0 Å². The molecule has 1 aliphatic rings. The quantitative estimate of drug-likeness (QED) is 0.838. The van der Waals surface area contributed by atoms with E-state index in [0.29, 0.717) is 19.7 Å². The Kier molecular flexibility index (Phi) is 3.64. The second-order valence-electron chi connectivity index (χ2n) is 4.41. The van der Waals surface area contributed by atoms with Crippen molar-refractivity contribution < 1.29 is 14.6 Å². The maximum Gasteiger partial charge on any atom is 0.309 e. The summed E-state index contributed by atoms with van der Waals surface area (Å²) < 4.78 is 5.65. The average Bonchev–Trinajstić information content (AvgIpc) is 2.23. The molecular formula is C13H17NO3. The van der Waals surface area contributed by atoms with E-state index in [4.69, 9.17) is 9.84 Å². The van der Waals surface area contributed by atoms with Crippen LogP contribution in [0.4, 0.5) is 0 Å². The van der Waals surface area contributed by atoms with Crippen molar-refractivity contribution in [1.29, 1.82) is 0 Å². The molecule has 0 spiro atoms. The Hall–Kier alpha value is -1.55. The highest BCUT2D eigenvalue weighted by molar-refractivity contribution is 5.71. The van der Waals surface area contributed by atoms with Crippen molar-refractivity contribution in [3.63, 3.8) is 0 Å². The number of nitrogens with zero attached hydrogens (tertiary/aromatic N) is 1. The van der Waals surface area contributed by atoms with Gasteiger partial charge in [0, 0.05) is 19.6 Å². The molecular weight excluding hydrogens is 218 g/mol. The first kappa shape index (κ1) is 11.9. The normalized spacial score (nSPS) is 16.5. The summed E-state index contributed by atoms with van der Waals surface area (Å²) in [5, 5.41) is 8.73. The van der Waals surface area contributed by atoms with Gasteiger partial charge in [0.2, 0.25) is 0 Å². The van der Waals surface area contributed by atoms with Crippen molar-refractivity contribution in [2.75, 3.05) is 26.2 Å². The third kappa shape index (κ3) is 2.97. The zero-order chi connectivity index (χ0) is 12.3. The lowest BCUT2D eigenvalue weighted by Gasteiger charge is -2.36. The van der Waals surface area contributed by atoms with Crippen LogP contribution in [0.3, 0.4) is 0 Å². The number of aryl methyl sites for hydroxylation is 1. The molecule has 0 aliphatic carbocycles. The van der Waals surface area contributed by atoms with E-state index in [9.17, 15) is 4.79 Å². The number of carbonyl (C=O) groups is 1. The molecule has 0 amide bonds. The SMILES string of the molecule is Cc1ccccc1OCCN1CC(C(=O)O)C1. The predicted octanol–water partition coefficient (Wildman–Crippen LogP) is 1.39. The molecule has 1 N–H and O–H groups in total. The van der Waals surface area contributed by atoms with E-state index in [1.807, 2.05) is 31.2 Å². The minimum Gasteiger partial charge on any atom is -0.492 e. The zero-order valence-electron chi connectivity index (χ0n) is 9.93. The number of para-hydroxylation sites is 1. The fourth-order valence-electron chi connectivity index (χ4n) is 1.91. The molecule has 92 valence electrons. The summed E-state index contributed by atoms with van der Waals surface area (Å²) in [4.78, 5) is 12.7. The number of benzene rings is 1. The van der Waals surface area contributed by atoms with Crippen LogP contribution < -0.4 is 4.74 Å². The Balaban J connectivity index is 1.68. The van der Waals surface area contributed by atoms with E-state index >= 15 is 0 Å². The summed E-state index contributed by atoms with van der Waals surface area (Å²) in [7, 11) is 0. The van der Waals surface area contributed by atoms with E-state index in [-0.39, 0.29) is 5.92 Å². The minimum absolute atomic E-state index is 0.187. The van der Waals surface area contributed by atoms with Gasteiger partial charge in [0.25, 0.3) is 0 Å². The van der Waals surface area contributed by atoms with Gasteiger partial charge in [-0.2, -0.15) is 0 Å². The first-order valence-electron chi connectivity index (χ1n) is 5.80. The van der Waals surface area contributed by atoms with Gasteiger partial charge >= 0.3 is 5.97 Å². The molecule has 2 rings (SSSR count). The first-order chi connectivity index (χ1) is 8.16. The summed E-state index contributed by atoms with van der Waals surface area (Å²) in [6, 6.07) is 7.90. The largest absolute Gasteiger partial charge is 0.492 e. The molecule has 1 fully saturated rings. The second-order valence-corrected chi connectivity index (χ2v) is 4.41. The van der Waals surface area contributed by atoms with Crippen molar-refractivity contribution >= 4 is 5.97 Å². The zero-order valence-corrected chi connectivity index (χ0v) is 9.93. The highest BCUT2D eigenvalue weighted by atomic mass is 16.5. The molecule has 0 bridgehead atoms. The van der Waals surface area contributed by atoms with E-state index in [1.54, 1.807) is 0 Å². The lowest BCUT2D eigenvalue weighted by Crippen LogP contribution is -2.51. The molecule has 1 aromatic carbocycles. The van der Waals surface area contributed by atoms with Crippen molar-refractivity contribution in [1.82, 2.24) is 4.90 Å². The molecule has 4 heteroatoms. The number of rotatable bonds is 5. The lowest BCUT2D eigenvalue weighted by molar-refractivity contribution is -0.147. The second kappa shape index (κ2) is 5.19. The summed E-state index contributed by atoms with van der Waals surface area (Å²) in [5.41, 5.74) is 1.12. The van der Waals surface area contributed by atoms with Gasteiger partial charge in [-0.1, -0.05) is 18.2 Å². The van der Waals surface area contributed by atoms with E-state index < -0.39 is 5.97 Å². The summed E-state index contributed by atoms with van der Waals surface area (Å²) in [5.74, 6) is 0.0253. The van der Waals surface area contributed by atoms with Crippen molar-refractivity contribution in [3.8, 4) is 5.75 Å². The number of ether oxygens (including phenoxy) is 1. The number of carboxylic acid groups (broad SMARTS) is 1. The van der Waals surface area contributed by atoms with Crippen LogP contribution in [0, 0.1) is 12.8 Å². The fraction of sp³-hybridized carbons (Fsp3) is 0.462. The third-order valence-electron chi connectivity index (χ3n) is 3.07. The van der Waals surface area contributed by atoms with E-state index in [1.165, 1.54) is 0 Å². The monoisotopic (exact) mass is 235 g/mol. The van der Waals surface area contributed by atoms with Gasteiger partial charge in [0.05, 0.1) is 5.92 Å². The van der Waals surface area contributed by atoms with Crippen LogP contribution in [0.2, 0.25) is 0 Å². The van der Waals surface area contributed by atoms with Crippen LogP contribution in [0.1, 0.15) is 5.56 Å². The van der Waals surface area contributed by atoms with Gasteiger partial charge in [-0.3, -0.25) is 9.69 Å². The standard InChI is InChI=1S/C13H17NO3/c1-10-4-2-3-5-12(10)17-7-6-14-8-11(9-14)13(15)16/h2-5,11H,6-9H2,1H3,(H,15,16). The maximum atomic E-state index is 10.6. The Morgan fingerprint density at radius 1 is 1.47 bits per heavy atom. The van der Waals surface area contributed by atoms with Crippen molar-refractivity contribution in [3.05, 3.63) is 29.8 Å². The number of likely N-dealkylation sites (tertiary alicyclic amines) is 1. The number of aliphatic carboxylic acids is 1. The van der Waals surface area contributed by atoms with E-state index in [0.717, 1.165) is 17.9 Å². The molecule has 1 heterocycles. The Morgan fingerprint density at radius 3 is 2.82 bits per heavy atom. The minimum atomic E-state index is -0.693. The maximum absolute atomic E-state index is 10.6. The Morgan fingerprint density at radius 2 is 2.18 bits per heavy atom. The molecule has 0 unspecified atom stereocenters. The van der Waals surface area contributed by atoms with Gasteiger partial charge < -0.3 is 9.84 Å². The molecule has 0 saturated carbocycles. The van der Waals surface area contributed by atoms with Gasteiger partial charge in [0.15, 0.2) is 0 Å². The highest BCUT2D eigenvalue weighted by Crippen LogP contribution is 2.17. The van der Waals surface area contributed by atoms with Crippen LogP contribution in [-0.4, -0.2) is 42.2 Å². The van der Waals surface area contributed by atoms with Gasteiger partial charge in [-0.15, -0.1) is 0 Å². The Labute approximate surface area is 101 Å². The van der Waals surface area contributed by atoms with Gasteiger partial charge in [-0.25, -0.2) is 0 Å². The Bertz CT molecular complexity index is 399. The summed E-state index contributed by atoms with van der Waals surface area (Å²) in [6.07, 6.45) is 0. The predicted molar refractivity (Wildman–Crippen MR) is 64.2 cm³/mol. The molecule has 0 aromatic heterocycles. The highest BCUT2D eigenvalue weighted by Gasteiger charge is 2.31. The van der Waals surface area contributed by atoms with Crippen LogP contribution in [-0.2, 0) is 4.79 Å². The first-order valence-corrected chi connectivity index (χ1v) is 5.80. The molecule has 0 radical (unpaired) electrons. The van der Waals surface area contributed by atoms with Crippen molar-refractivity contribution in [2.45, 2.75) is 6.92 Å². The van der Waals surface area contributed by atoms with Crippen LogP contribution in [0.5, 0.6) is 5.75 Å². The third-order valence-corrected chi connectivity index (χ3v) is 3.07. The molecule has 1 aromatic rings. The number of hydrogen-bond donors (Lipinski definition) is 1. The van der Waals surface area contributed by atoms with E-state index in [2.05, 4.69) is 4.90 Å². The van der Waals surface area contributed by atoms with Crippen LogP contribution >= 0.6 is 0 Å². The number of hydrogen-bond acceptors (Lipinski definition) is 3. The summed E-state index contributed by atoms with van der Waals surface area (Å²) >= 11 is 0. The number of carboxylic acids is 1. The topological polar surface area (TPSA) is 49.8 Å². The van der Waals surface area contributed by atoms with Gasteiger partial charge in [-0.05, 0) is 18.6 Å². The molecule has 17 heavy (non-hydrogen) atoms. The van der Waals surface area contributed by atoms with Crippen molar-refractivity contribution in [2.24, 2.45) is 5.92 Å². The molecule has 0 atom stereocenters. The van der Waals surface area contributed by atoms with Gasteiger partial charge in [0.1, 0.15) is 12.4 Å². The molecule has 1 aliphatic heterocycles.